The average molecular weight is 162 g/mol. The highest BCUT2D eigenvalue weighted by Crippen LogP contribution is 2.01. The van der Waals surface area contributed by atoms with Crippen molar-refractivity contribution in [3.8, 4) is 6.07 Å². The van der Waals surface area contributed by atoms with E-state index in [1.807, 2.05) is 6.07 Å². The molecule has 1 aromatic rings. The highest BCUT2D eigenvalue weighted by Gasteiger charge is 2.02. The van der Waals surface area contributed by atoms with E-state index < -0.39 is 5.97 Å². The van der Waals surface area contributed by atoms with Crippen LogP contribution in [0.3, 0.4) is 0 Å². The Balaban J connectivity index is 2.97. The molecule has 0 fully saturated rings. The van der Waals surface area contributed by atoms with Gasteiger partial charge in [0.25, 0.3) is 0 Å². The minimum atomic E-state index is -1.00. The van der Waals surface area contributed by atoms with Crippen LogP contribution in [0.25, 0.3) is 0 Å². The van der Waals surface area contributed by atoms with Gasteiger partial charge in [-0.1, -0.05) is 0 Å². The number of nitrogens with zero attached hydrogens (tertiary/aromatic N) is 2. The van der Waals surface area contributed by atoms with Crippen molar-refractivity contribution in [2.45, 2.75) is 6.42 Å². The Morgan fingerprint density at radius 2 is 2.50 bits per heavy atom. The Morgan fingerprint density at radius 1 is 1.75 bits per heavy atom. The predicted molar refractivity (Wildman–Crippen MR) is 40.5 cm³/mol. The first-order chi connectivity index (χ1) is 5.74. The number of hydrogen-bond donors (Lipinski definition) is 1. The second-order valence-electron chi connectivity index (χ2n) is 2.18. The Morgan fingerprint density at radius 3 is 3.08 bits per heavy atom. The van der Waals surface area contributed by atoms with Gasteiger partial charge in [0.1, 0.15) is 0 Å². The maximum absolute atomic E-state index is 10.4. The summed E-state index contributed by atoms with van der Waals surface area (Å²) in [4.78, 5) is 14.3. The van der Waals surface area contributed by atoms with Gasteiger partial charge in [-0.2, -0.15) is 5.26 Å². The Kier molecular flexibility index (Phi) is 2.38. The summed E-state index contributed by atoms with van der Waals surface area (Å²) in [5.74, 6) is -1.00. The minimum absolute atomic E-state index is 0.140. The Bertz CT molecular complexity index is 341. The van der Waals surface area contributed by atoms with Crippen molar-refractivity contribution in [2.75, 3.05) is 0 Å². The van der Waals surface area contributed by atoms with Gasteiger partial charge in [0, 0.05) is 6.20 Å². The van der Waals surface area contributed by atoms with Crippen molar-refractivity contribution in [1.29, 1.82) is 5.26 Å². The van der Waals surface area contributed by atoms with Crippen LogP contribution in [0.2, 0.25) is 0 Å². The van der Waals surface area contributed by atoms with Gasteiger partial charge in [-0.25, -0.2) is 4.79 Å². The largest absolute Gasteiger partial charge is 0.478 e. The molecule has 0 aliphatic carbocycles. The van der Waals surface area contributed by atoms with E-state index in [-0.39, 0.29) is 12.0 Å². The molecular weight excluding hydrogens is 156 g/mol. The summed E-state index contributed by atoms with van der Waals surface area (Å²) in [6, 6.07) is 4.68. The lowest BCUT2D eigenvalue weighted by atomic mass is 10.2. The summed E-state index contributed by atoms with van der Waals surface area (Å²) < 4.78 is 0. The SMILES string of the molecule is N#CCc1cc(C(=O)O)ccn1. The van der Waals surface area contributed by atoms with Crippen LogP contribution in [0.1, 0.15) is 16.1 Å². The fourth-order valence-corrected chi connectivity index (χ4v) is 0.789. The molecule has 0 spiro atoms. The number of carbonyl (C=O) groups is 1. The molecule has 0 radical (unpaired) electrons. The Labute approximate surface area is 69.1 Å². The van der Waals surface area contributed by atoms with E-state index in [1.54, 1.807) is 0 Å². The predicted octanol–water partition coefficient (Wildman–Crippen LogP) is 0.846. The molecule has 1 rings (SSSR count). The van der Waals surface area contributed by atoms with Gasteiger partial charge in [-0.3, -0.25) is 4.98 Å². The summed E-state index contributed by atoms with van der Waals surface area (Å²) in [6.45, 7) is 0. The van der Waals surface area contributed by atoms with E-state index in [1.165, 1.54) is 18.3 Å². The van der Waals surface area contributed by atoms with Gasteiger partial charge in [-0.05, 0) is 12.1 Å². The topological polar surface area (TPSA) is 74.0 Å². The highest BCUT2D eigenvalue weighted by atomic mass is 16.4. The molecule has 1 heterocycles. The molecule has 0 aliphatic heterocycles. The summed E-state index contributed by atoms with van der Waals surface area (Å²) >= 11 is 0. The number of hydrogen-bond acceptors (Lipinski definition) is 3. The molecule has 0 atom stereocenters. The molecule has 0 saturated carbocycles. The van der Waals surface area contributed by atoms with E-state index in [4.69, 9.17) is 10.4 Å². The number of aromatic carboxylic acids is 1. The monoisotopic (exact) mass is 162 g/mol. The number of rotatable bonds is 2. The first kappa shape index (κ1) is 8.21. The number of carboxylic acid groups (broad SMARTS) is 1. The van der Waals surface area contributed by atoms with Crippen molar-refractivity contribution in [3.63, 3.8) is 0 Å². The van der Waals surface area contributed by atoms with Crippen molar-refractivity contribution in [1.82, 2.24) is 4.98 Å². The van der Waals surface area contributed by atoms with Gasteiger partial charge < -0.3 is 5.11 Å². The van der Waals surface area contributed by atoms with Crippen LogP contribution in [0, 0.1) is 11.3 Å². The van der Waals surface area contributed by atoms with Gasteiger partial charge in [-0.15, -0.1) is 0 Å². The first-order valence-corrected chi connectivity index (χ1v) is 3.29. The second kappa shape index (κ2) is 3.49. The van der Waals surface area contributed by atoms with Crippen molar-refractivity contribution in [2.24, 2.45) is 0 Å². The molecule has 1 aromatic heterocycles. The third-order valence-electron chi connectivity index (χ3n) is 1.32. The molecule has 0 saturated heterocycles. The van der Waals surface area contributed by atoms with E-state index in [0.717, 1.165) is 0 Å². The molecule has 0 amide bonds. The smallest absolute Gasteiger partial charge is 0.335 e. The van der Waals surface area contributed by atoms with Crippen LogP contribution in [-0.2, 0) is 6.42 Å². The minimum Gasteiger partial charge on any atom is -0.478 e. The lowest BCUT2D eigenvalue weighted by Crippen LogP contribution is -1.98. The van der Waals surface area contributed by atoms with Gasteiger partial charge in [0.2, 0.25) is 0 Å². The van der Waals surface area contributed by atoms with Crippen LogP contribution in [0.5, 0.6) is 0 Å². The fourth-order valence-electron chi connectivity index (χ4n) is 0.789. The maximum atomic E-state index is 10.4. The van der Waals surface area contributed by atoms with Crippen molar-refractivity contribution < 1.29 is 9.90 Å². The zero-order chi connectivity index (χ0) is 8.97. The number of pyridine rings is 1. The van der Waals surface area contributed by atoms with Crippen LogP contribution in [-0.4, -0.2) is 16.1 Å². The lowest BCUT2D eigenvalue weighted by Gasteiger charge is -1.95. The summed E-state index contributed by atoms with van der Waals surface area (Å²) in [5, 5.41) is 16.9. The third kappa shape index (κ3) is 1.80. The summed E-state index contributed by atoms with van der Waals surface area (Å²) in [5.41, 5.74) is 0.646. The van der Waals surface area contributed by atoms with E-state index in [0.29, 0.717) is 5.69 Å². The quantitative estimate of drug-likeness (QED) is 0.699. The molecule has 0 unspecified atom stereocenters. The van der Waals surface area contributed by atoms with Crippen LogP contribution in [0.15, 0.2) is 18.3 Å². The van der Waals surface area contributed by atoms with Crippen molar-refractivity contribution in [3.05, 3.63) is 29.6 Å². The molecule has 1 N–H and O–H groups in total. The Hall–Kier alpha value is -1.89. The molecule has 0 aliphatic rings. The van der Waals surface area contributed by atoms with E-state index in [2.05, 4.69) is 4.98 Å². The summed E-state index contributed by atoms with van der Waals surface area (Å²) in [6.07, 6.45) is 1.53. The molecule has 0 bridgehead atoms. The van der Waals surface area contributed by atoms with Gasteiger partial charge in [0.05, 0.1) is 23.7 Å². The first-order valence-electron chi connectivity index (χ1n) is 3.29. The second-order valence-corrected chi connectivity index (χ2v) is 2.18. The van der Waals surface area contributed by atoms with E-state index in [9.17, 15) is 4.79 Å². The van der Waals surface area contributed by atoms with Crippen LogP contribution in [0.4, 0.5) is 0 Å². The van der Waals surface area contributed by atoms with E-state index >= 15 is 0 Å². The van der Waals surface area contributed by atoms with Crippen LogP contribution >= 0.6 is 0 Å². The number of carboxylic acids is 1. The molecule has 4 heteroatoms. The maximum Gasteiger partial charge on any atom is 0.335 e. The zero-order valence-corrected chi connectivity index (χ0v) is 6.19. The summed E-state index contributed by atoms with van der Waals surface area (Å²) in [7, 11) is 0. The number of aromatic nitrogens is 1. The van der Waals surface area contributed by atoms with Gasteiger partial charge in [0.15, 0.2) is 0 Å². The van der Waals surface area contributed by atoms with Crippen LogP contribution < -0.4 is 0 Å². The standard InChI is InChI=1S/C8H6N2O2/c9-3-1-7-5-6(8(11)12)2-4-10-7/h2,4-5H,1H2,(H,11,12). The molecule has 4 nitrogen and oxygen atoms in total. The molecule has 0 aromatic carbocycles. The molecule has 12 heavy (non-hydrogen) atoms. The highest BCUT2D eigenvalue weighted by molar-refractivity contribution is 5.87. The lowest BCUT2D eigenvalue weighted by molar-refractivity contribution is 0.0696. The third-order valence-corrected chi connectivity index (χ3v) is 1.32. The normalized spacial score (nSPS) is 8.92. The van der Waals surface area contributed by atoms with Crippen molar-refractivity contribution >= 4 is 5.97 Å². The number of nitriles is 1. The molecular formula is C8H6N2O2. The zero-order valence-electron chi connectivity index (χ0n) is 6.19. The molecule has 60 valence electrons. The average Bonchev–Trinajstić information content (AvgIpc) is 2.05. The fraction of sp³-hybridized carbons (Fsp3) is 0.125. The van der Waals surface area contributed by atoms with Gasteiger partial charge >= 0.3 is 5.97 Å².